The molecule has 0 aliphatic rings. The summed E-state index contributed by atoms with van der Waals surface area (Å²) in [4.78, 5) is 19.4. The lowest BCUT2D eigenvalue weighted by molar-refractivity contribution is -0.249. The standard InChI is InChI=1S/C16H16F6N4O4/c1-14(28,16(20,21)22)6-25-12(27)11-10(23-2)3-9(15(17,18)19)13(26-11)29-5-8-4-24-7-30-8/h3-4,7,23,28H,5-6H2,1-2H3,(H,25,27). The van der Waals surface area contributed by atoms with E-state index in [-0.39, 0.29) is 5.76 Å². The summed E-state index contributed by atoms with van der Waals surface area (Å²) in [6.45, 7) is -1.33. The van der Waals surface area contributed by atoms with Crippen LogP contribution in [0.25, 0.3) is 0 Å². The van der Waals surface area contributed by atoms with Crippen LogP contribution >= 0.6 is 0 Å². The fourth-order valence-corrected chi connectivity index (χ4v) is 2.06. The molecule has 2 aromatic rings. The van der Waals surface area contributed by atoms with Gasteiger partial charge in [-0.2, -0.15) is 26.3 Å². The number of oxazole rings is 1. The fraction of sp³-hybridized carbons (Fsp3) is 0.438. The van der Waals surface area contributed by atoms with E-state index in [0.29, 0.717) is 13.0 Å². The molecule has 1 amide bonds. The molecule has 3 N–H and O–H groups in total. The lowest BCUT2D eigenvalue weighted by Crippen LogP contribution is -2.51. The predicted octanol–water partition coefficient (Wildman–Crippen LogP) is 2.75. The molecule has 0 aromatic carbocycles. The normalized spacial score (nSPS) is 14.2. The molecule has 0 fully saturated rings. The molecule has 0 radical (unpaired) electrons. The maximum atomic E-state index is 13.4. The topological polar surface area (TPSA) is 110 Å². The Kier molecular flexibility index (Phi) is 6.49. The number of aliphatic hydroxyl groups is 1. The molecular weight excluding hydrogens is 426 g/mol. The molecule has 2 rings (SSSR count). The van der Waals surface area contributed by atoms with E-state index >= 15 is 0 Å². The van der Waals surface area contributed by atoms with Crippen molar-refractivity contribution < 1.29 is 45.4 Å². The molecule has 2 aromatic heterocycles. The molecule has 0 bridgehead atoms. The second kappa shape index (κ2) is 8.38. The Balaban J connectivity index is 2.35. The van der Waals surface area contributed by atoms with Crippen LogP contribution in [0, 0.1) is 0 Å². The number of nitrogens with zero attached hydrogens (tertiary/aromatic N) is 2. The van der Waals surface area contributed by atoms with Crippen LogP contribution in [0.5, 0.6) is 5.88 Å². The van der Waals surface area contributed by atoms with Crippen molar-refractivity contribution in [3.63, 3.8) is 0 Å². The van der Waals surface area contributed by atoms with Gasteiger partial charge in [0, 0.05) is 7.05 Å². The lowest BCUT2D eigenvalue weighted by Gasteiger charge is -2.26. The van der Waals surface area contributed by atoms with Crippen LogP contribution in [0.4, 0.5) is 32.0 Å². The molecule has 14 heteroatoms. The first-order chi connectivity index (χ1) is 13.8. The highest BCUT2D eigenvalue weighted by Gasteiger charge is 2.50. The van der Waals surface area contributed by atoms with E-state index in [1.54, 1.807) is 5.32 Å². The number of carbonyl (C=O) groups excluding carboxylic acids is 1. The first-order valence-electron chi connectivity index (χ1n) is 8.13. The molecule has 0 aliphatic carbocycles. The van der Waals surface area contributed by atoms with Gasteiger partial charge in [-0.05, 0) is 13.0 Å². The quantitative estimate of drug-likeness (QED) is 0.566. The van der Waals surface area contributed by atoms with E-state index in [4.69, 9.17) is 9.15 Å². The summed E-state index contributed by atoms with van der Waals surface area (Å²) in [6.07, 6.45) is -7.76. The van der Waals surface area contributed by atoms with Crippen LogP contribution in [-0.2, 0) is 12.8 Å². The molecule has 1 unspecified atom stereocenters. The van der Waals surface area contributed by atoms with Crippen LogP contribution < -0.4 is 15.4 Å². The SMILES string of the molecule is CNc1cc(C(F)(F)F)c(OCc2cnco2)nc1C(=O)NCC(C)(O)C(F)(F)F. The number of rotatable bonds is 7. The Bertz CT molecular complexity index is 881. The molecule has 0 aliphatic heterocycles. The zero-order valence-corrected chi connectivity index (χ0v) is 15.5. The zero-order chi connectivity index (χ0) is 22.7. The molecule has 0 spiro atoms. The van der Waals surface area contributed by atoms with Crippen molar-refractivity contribution in [3.05, 3.63) is 35.7 Å². The number of anilines is 1. The van der Waals surface area contributed by atoms with Crippen molar-refractivity contribution in [2.24, 2.45) is 0 Å². The minimum absolute atomic E-state index is 0.0647. The van der Waals surface area contributed by atoms with Gasteiger partial charge in [0.2, 0.25) is 5.88 Å². The molecular formula is C16H16F6N4O4. The summed E-state index contributed by atoms with van der Waals surface area (Å²) in [5.74, 6) is -2.19. The van der Waals surface area contributed by atoms with Crippen molar-refractivity contribution in [2.75, 3.05) is 18.9 Å². The molecule has 2 heterocycles. The summed E-state index contributed by atoms with van der Waals surface area (Å²) in [6, 6.07) is 0.527. The molecule has 30 heavy (non-hydrogen) atoms. The molecule has 0 saturated heterocycles. The molecule has 166 valence electrons. The average Bonchev–Trinajstić information content (AvgIpc) is 3.15. The second-order valence-corrected chi connectivity index (χ2v) is 6.20. The Hall–Kier alpha value is -3.03. The highest BCUT2D eigenvalue weighted by atomic mass is 19.4. The highest BCUT2D eigenvalue weighted by Crippen LogP contribution is 2.38. The number of alkyl halides is 6. The summed E-state index contributed by atoms with van der Waals surface area (Å²) < 4.78 is 88.1. The third kappa shape index (κ3) is 5.31. The van der Waals surface area contributed by atoms with E-state index in [2.05, 4.69) is 15.3 Å². The monoisotopic (exact) mass is 442 g/mol. The number of halogens is 6. The summed E-state index contributed by atoms with van der Waals surface area (Å²) in [5, 5.41) is 13.5. The third-order valence-corrected chi connectivity index (χ3v) is 3.82. The van der Waals surface area contributed by atoms with Crippen LogP contribution in [0.3, 0.4) is 0 Å². The summed E-state index contributed by atoms with van der Waals surface area (Å²) >= 11 is 0. The van der Waals surface area contributed by atoms with Gasteiger partial charge in [0.15, 0.2) is 23.4 Å². The first kappa shape index (κ1) is 23.3. The predicted molar refractivity (Wildman–Crippen MR) is 88.6 cm³/mol. The van der Waals surface area contributed by atoms with Gasteiger partial charge < -0.3 is 24.9 Å². The van der Waals surface area contributed by atoms with Crippen molar-refractivity contribution in [3.8, 4) is 5.88 Å². The maximum Gasteiger partial charge on any atom is 0.421 e. The number of pyridine rings is 1. The molecule has 8 nitrogen and oxygen atoms in total. The summed E-state index contributed by atoms with van der Waals surface area (Å²) in [5.41, 5.74) is -5.68. The van der Waals surface area contributed by atoms with Crippen LogP contribution in [0.1, 0.15) is 28.7 Å². The first-order valence-corrected chi connectivity index (χ1v) is 8.13. The highest BCUT2D eigenvalue weighted by molar-refractivity contribution is 5.98. The molecule has 1 atom stereocenters. The van der Waals surface area contributed by atoms with Gasteiger partial charge in [0.05, 0.1) is 18.4 Å². The summed E-state index contributed by atoms with van der Waals surface area (Å²) in [7, 11) is 1.19. The number of hydrogen-bond donors (Lipinski definition) is 3. The molecule has 0 saturated carbocycles. The van der Waals surface area contributed by atoms with Crippen LogP contribution in [0.15, 0.2) is 23.1 Å². The van der Waals surface area contributed by atoms with Gasteiger partial charge in [-0.1, -0.05) is 0 Å². The number of aromatic nitrogens is 2. The van der Waals surface area contributed by atoms with E-state index < -0.39 is 59.8 Å². The van der Waals surface area contributed by atoms with Gasteiger partial charge in [-0.3, -0.25) is 4.79 Å². The van der Waals surface area contributed by atoms with Gasteiger partial charge in [0.25, 0.3) is 5.91 Å². The van der Waals surface area contributed by atoms with E-state index in [0.717, 1.165) is 6.39 Å². The third-order valence-electron chi connectivity index (χ3n) is 3.82. The minimum atomic E-state index is -5.05. The van der Waals surface area contributed by atoms with Crippen molar-refractivity contribution in [2.45, 2.75) is 31.5 Å². The lowest BCUT2D eigenvalue weighted by atomic mass is 10.1. The number of nitrogens with one attached hydrogen (secondary N) is 2. The minimum Gasteiger partial charge on any atom is -0.469 e. The number of carbonyl (C=O) groups is 1. The Labute approximate surface area is 165 Å². The van der Waals surface area contributed by atoms with Crippen molar-refractivity contribution in [1.29, 1.82) is 0 Å². The van der Waals surface area contributed by atoms with E-state index in [1.807, 2.05) is 0 Å². The van der Waals surface area contributed by atoms with Crippen LogP contribution in [-0.4, -0.2) is 46.4 Å². The zero-order valence-electron chi connectivity index (χ0n) is 15.5. The van der Waals surface area contributed by atoms with Gasteiger partial charge in [-0.15, -0.1) is 0 Å². The fourth-order valence-electron chi connectivity index (χ4n) is 2.06. The van der Waals surface area contributed by atoms with Crippen LogP contribution in [0.2, 0.25) is 0 Å². The van der Waals surface area contributed by atoms with Crippen molar-refractivity contribution >= 4 is 11.6 Å². The largest absolute Gasteiger partial charge is 0.469 e. The maximum absolute atomic E-state index is 13.4. The number of hydrogen-bond acceptors (Lipinski definition) is 7. The smallest absolute Gasteiger partial charge is 0.421 e. The Morgan fingerprint density at radius 3 is 2.43 bits per heavy atom. The number of amides is 1. The van der Waals surface area contributed by atoms with Gasteiger partial charge in [0.1, 0.15) is 12.2 Å². The average molecular weight is 442 g/mol. The Morgan fingerprint density at radius 1 is 1.27 bits per heavy atom. The van der Waals surface area contributed by atoms with E-state index in [9.17, 15) is 36.2 Å². The Morgan fingerprint density at radius 2 is 1.93 bits per heavy atom. The van der Waals surface area contributed by atoms with Crippen molar-refractivity contribution in [1.82, 2.24) is 15.3 Å². The second-order valence-electron chi connectivity index (χ2n) is 6.20. The van der Waals surface area contributed by atoms with E-state index in [1.165, 1.54) is 13.2 Å². The van der Waals surface area contributed by atoms with Gasteiger partial charge in [-0.25, -0.2) is 9.97 Å². The number of ether oxygens (including phenoxy) is 1. The van der Waals surface area contributed by atoms with Gasteiger partial charge >= 0.3 is 12.4 Å².